The number of hydrogen-bond donors (Lipinski definition) is 1. The number of rotatable bonds is 12. The first kappa shape index (κ1) is 29.9. The van der Waals surface area contributed by atoms with E-state index in [1.54, 1.807) is 12.4 Å². The predicted octanol–water partition coefficient (Wildman–Crippen LogP) is 7.45. The lowest BCUT2D eigenvalue weighted by Gasteiger charge is -2.20. The largest absolute Gasteiger partial charge is 0.489 e. The molecule has 8 nitrogen and oxygen atoms in total. The van der Waals surface area contributed by atoms with Gasteiger partial charge in [0.25, 0.3) is 0 Å². The van der Waals surface area contributed by atoms with Crippen molar-refractivity contribution in [1.82, 2.24) is 20.1 Å². The summed E-state index contributed by atoms with van der Waals surface area (Å²) in [4.78, 5) is 18.8. The molecule has 0 radical (unpaired) electrons. The first-order chi connectivity index (χ1) is 22.0. The van der Waals surface area contributed by atoms with Crippen molar-refractivity contribution in [2.24, 2.45) is 0 Å². The average molecular weight is 602 g/mol. The number of benzene rings is 3. The van der Waals surface area contributed by atoms with Crippen molar-refractivity contribution in [3.05, 3.63) is 120 Å². The Kier molecular flexibility index (Phi) is 9.39. The molecule has 6 rings (SSSR count). The lowest BCUT2D eigenvalue weighted by Crippen LogP contribution is -2.29. The molecule has 3 aromatic carbocycles. The Labute approximate surface area is 264 Å². The molecule has 0 unspecified atom stereocenters. The van der Waals surface area contributed by atoms with Crippen LogP contribution in [0.4, 0.5) is 10.6 Å². The number of anilines is 1. The highest BCUT2D eigenvalue weighted by molar-refractivity contribution is 5.90. The van der Waals surface area contributed by atoms with E-state index in [1.807, 2.05) is 54.6 Å². The van der Waals surface area contributed by atoms with Crippen LogP contribution in [0, 0.1) is 0 Å². The van der Waals surface area contributed by atoms with Gasteiger partial charge < -0.3 is 19.7 Å². The van der Waals surface area contributed by atoms with Crippen LogP contribution < -0.4 is 15.0 Å². The fourth-order valence-corrected chi connectivity index (χ4v) is 5.56. The van der Waals surface area contributed by atoms with Gasteiger partial charge in [-0.3, -0.25) is 4.98 Å². The standard InChI is InChI=1S/C37H39N5O3/c1-27(2)30-11-9-29(10-12-30)25-44-33-15-13-31(14-16-33)34-35(32-17-20-38-21-18-32)40-42-24-23-41(36(34)42)22-6-19-39-37(43)45-26-28-7-4-3-5-8-28/h3-5,7-18,20-21,27H,6,19,22-26H2,1-2H3,(H,39,43). The summed E-state index contributed by atoms with van der Waals surface area (Å²) in [6.07, 6.45) is 3.98. The Morgan fingerprint density at radius 2 is 1.58 bits per heavy atom. The van der Waals surface area contributed by atoms with Crippen LogP contribution in [0.2, 0.25) is 0 Å². The second-order valence-corrected chi connectivity index (χ2v) is 11.5. The minimum absolute atomic E-state index is 0.258. The Morgan fingerprint density at radius 1 is 0.844 bits per heavy atom. The molecule has 230 valence electrons. The molecule has 5 aromatic rings. The van der Waals surface area contributed by atoms with Crippen LogP contribution in [0.15, 0.2) is 103 Å². The summed E-state index contributed by atoms with van der Waals surface area (Å²) in [5.74, 6) is 2.42. The molecule has 0 fully saturated rings. The number of alkyl carbamates (subject to hydrolysis) is 1. The highest BCUT2D eigenvalue weighted by atomic mass is 16.5. The second-order valence-electron chi connectivity index (χ2n) is 11.5. The molecular weight excluding hydrogens is 562 g/mol. The maximum atomic E-state index is 12.2. The van der Waals surface area contributed by atoms with Gasteiger partial charge in [-0.15, -0.1) is 0 Å². The summed E-state index contributed by atoms with van der Waals surface area (Å²) in [6.45, 7) is 8.15. The highest BCUT2D eigenvalue weighted by Crippen LogP contribution is 2.42. The predicted molar refractivity (Wildman–Crippen MR) is 177 cm³/mol. The topological polar surface area (TPSA) is 81.5 Å². The Morgan fingerprint density at radius 3 is 2.31 bits per heavy atom. The van der Waals surface area contributed by atoms with E-state index in [2.05, 4.69) is 70.1 Å². The Balaban J connectivity index is 1.13. The minimum atomic E-state index is -0.402. The van der Waals surface area contributed by atoms with Crippen LogP contribution in [0.3, 0.4) is 0 Å². The molecule has 45 heavy (non-hydrogen) atoms. The highest BCUT2D eigenvalue weighted by Gasteiger charge is 2.29. The molecule has 1 aliphatic rings. The summed E-state index contributed by atoms with van der Waals surface area (Å²) >= 11 is 0. The van der Waals surface area contributed by atoms with E-state index in [0.29, 0.717) is 19.1 Å². The molecule has 2 aromatic heterocycles. The Bertz CT molecular complexity index is 1680. The number of aromatic nitrogens is 3. The summed E-state index contributed by atoms with van der Waals surface area (Å²) < 4.78 is 13.6. The number of nitrogens with one attached hydrogen (secondary N) is 1. The van der Waals surface area contributed by atoms with Crippen LogP contribution in [0.5, 0.6) is 5.75 Å². The molecule has 0 saturated carbocycles. The van der Waals surface area contributed by atoms with Crippen molar-refractivity contribution in [2.45, 2.75) is 45.9 Å². The third kappa shape index (κ3) is 7.34. The van der Waals surface area contributed by atoms with E-state index >= 15 is 0 Å². The third-order valence-corrected chi connectivity index (χ3v) is 8.04. The van der Waals surface area contributed by atoms with Gasteiger partial charge in [0.05, 0.1) is 12.1 Å². The van der Waals surface area contributed by atoms with E-state index in [4.69, 9.17) is 14.6 Å². The molecule has 1 aliphatic heterocycles. The van der Waals surface area contributed by atoms with Gasteiger partial charge >= 0.3 is 6.09 Å². The number of amides is 1. The molecule has 1 N–H and O–H groups in total. The second kappa shape index (κ2) is 14.1. The van der Waals surface area contributed by atoms with Crippen molar-refractivity contribution in [3.63, 3.8) is 0 Å². The molecule has 0 atom stereocenters. The molecule has 0 bridgehead atoms. The van der Waals surface area contributed by atoms with E-state index < -0.39 is 6.09 Å². The zero-order valence-corrected chi connectivity index (χ0v) is 25.9. The summed E-state index contributed by atoms with van der Waals surface area (Å²) in [5, 5.41) is 7.93. The summed E-state index contributed by atoms with van der Waals surface area (Å²) in [5.41, 5.74) is 7.55. The SMILES string of the molecule is CC(C)c1ccc(COc2ccc(-c3c(-c4ccncc4)nn4c3N(CCCNC(=O)OCc3ccccc3)CC4)cc2)cc1. The van der Waals surface area contributed by atoms with Crippen molar-refractivity contribution < 1.29 is 14.3 Å². The monoisotopic (exact) mass is 601 g/mol. The van der Waals surface area contributed by atoms with Crippen molar-refractivity contribution >= 4 is 11.9 Å². The zero-order chi connectivity index (χ0) is 31.0. The van der Waals surface area contributed by atoms with Gasteiger partial charge in [0, 0.05) is 37.6 Å². The maximum Gasteiger partial charge on any atom is 0.407 e. The molecular formula is C37H39N5O3. The van der Waals surface area contributed by atoms with E-state index in [9.17, 15) is 4.79 Å². The van der Waals surface area contributed by atoms with E-state index in [1.165, 1.54) is 5.56 Å². The Hall–Kier alpha value is -5.11. The van der Waals surface area contributed by atoms with E-state index in [-0.39, 0.29) is 6.61 Å². The molecule has 0 spiro atoms. The smallest absolute Gasteiger partial charge is 0.407 e. The number of hydrogen-bond acceptors (Lipinski definition) is 6. The number of nitrogens with zero attached hydrogens (tertiary/aromatic N) is 4. The molecule has 3 heterocycles. The molecule has 1 amide bonds. The molecule has 0 saturated heterocycles. The third-order valence-electron chi connectivity index (χ3n) is 8.04. The van der Waals surface area contributed by atoms with Gasteiger partial charge in [-0.25, -0.2) is 9.48 Å². The lowest BCUT2D eigenvalue weighted by molar-refractivity contribution is 0.139. The first-order valence-electron chi connectivity index (χ1n) is 15.6. The van der Waals surface area contributed by atoms with Crippen molar-refractivity contribution in [1.29, 1.82) is 0 Å². The normalized spacial score (nSPS) is 12.3. The van der Waals surface area contributed by atoms with Crippen LogP contribution in [0.25, 0.3) is 22.4 Å². The quantitative estimate of drug-likeness (QED) is 0.150. The van der Waals surface area contributed by atoms with Crippen LogP contribution in [-0.2, 0) is 24.5 Å². The number of carbonyl (C=O) groups is 1. The fraction of sp³-hybridized carbons (Fsp3) is 0.270. The molecule has 8 heteroatoms. The van der Waals surface area contributed by atoms with Crippen molar-refractivity contribution in [3.8, 4) is 28.1 Å². The van der Waals surface area contributed by atoms with Gasteiger partial charge in [0.2, 0.25) is 0 Å². The number of fused-ring (bicyclic) bond motifs is 1. The van der Waals surface area contributed by atoms with Crippen LogP contribution >= 0.6 is 0 Å². The van der Waals surface area contributed by atoms with Crippen LogP contribution in [0.1, 0.15) is 42.9 Å². The summed E-state index contributed by atoms with van der Waals surface area (Å²) in [7, 11) is 0. The summed E-state index contributed by atoms with van der Waals surface area (Å²) in [6, 6.07) is 30.6. The average Bonchev–Trinajstić information content (AvgIpc) is 3.66. The van der Waals surface area contributed by atoms with Crippen molar-refractivity contribution in [2.75, 3.05) is 24.5 Å². The van der Waals surface area contributed by atoms with Gasteiger partial charge in [0.1, 0.15) is 30.5 Å². The van der Waals surface area contributed by atoms with Gasteiger partial charge in [-0.1, -0.05) is 80.6 Å². The zero-order valence-electron chi connectivity index (χ0n) is 25.9. The lowest BCUT2D eigenvalue weighted by atomic mass is 10.0. The number of pyridine rings is 1. The maximum absolute atomic E-state index is 12.2. The fourth-order valence-electron chi connectivity index (χ4n) is 5.56. The van der Waals surface area contributed by atoms with Gasteiger partial charge in [-0.2, -0.15) is 5.10 Å². The first-order valence-corrected chi connectivity index (χ1v) is 15.6. The minimum Gasteiger partial charge on any atom is -0.489 e. The van der Waals surface area contributed by atoms with E-state index in [0.717, 1.165) is 71.1 Å². The number of ether oxygens (including phenoxy) is 2. The van der Waals surface area contributed by atoms with Crippen LogP contribution in [-0.4, -0.2) is 40.5 Å². The van der Waals surface area contributed by atoms with Gasteiger partial charge in [-0.05, 0) is 58.9 Å². The van der Waals surface area contributed by atoms with Gasteiger partial charge in [0.15, 0.2) is 0 Å². The molecule has 0 aliphatic carbocycles. The number of carbonyl (C=O) groups excluding carboxylic acids is 1.